The van der Waals surface area contributed by atoms with Crippen LogP contribution in [0.25, 0.3) is 0 Å². The van der Waals surface area contributed by atoms with Crippen LogP contribution in [0.2, 0.25) is 0 Å². The number of amides is 3. The summed E-state index contributed by atoms with van der Waals surface area (Å²) in [6.45, 7) is 4.28. The Hall–Kier alpha value is -3.50. The number of carbonyl (C=O) groups is 5. The molecule has 0 aliphatic heterocycles. The second-order valence-corrected chi connectivity index (χ2v) is 6.84. The van der Waals surface area contributed by atoms with E-state index >= 15 is 0 Å². The molecule has 0 bridgehead atoms. The molecule has 1 aromatic rings. The van der Waals surface area contributed by atoms with Crippen molar-refractivity contribution in [2.24, 2.45) is 11.7 Å². The number of primary amides is 1. The summed E-state index contributed by atoms with van der Waals surface area (Å²) in [5.74, 6) is -6.18. The van der Waals surface area contributed by atoms with Gasteiger partial charge in [0.05, 0.1) is 25.6 Å². The Morgan fingerprint density at radius 3 is 2.25 bits per heavy atom. The molecule has 0 saturated heterocycles. The van der Waals surface area contributed by atoms with E-state index in [9.17, 15) is 28.4 Å². The standard InChI is InChI=1S/C21H28FN3O7/c1-4-31-17(27)11-15(21(30)32-5-2)18(19(23)28)25-20(29)16(24-12(3)26)10-13-7-6-8-14(22)9-13/h6-9,15-16,18H,4-5,10-11H2,1-3H3,(H2,23,28)(H,24,26)(H,25,29)/t15-,16-,18-/m1/s1. The third kappa shape index (κ3) is 8.70. The molecule has 10 nitrogen and oxygen atoms in total. The SMILES string of the molecule is CCOC(=O)C[C@@H](C(=O)OCC)[C@@H](NC(=O)[C@@H](Cc1cccc(F)c1)NC(C)=O)C(N)=O. The Morgan fingerprint density at radius 1 is 1.06 bits per heavy atom. The summed E-state index contributed by atoms with van der Waals surface area (Å²) in [5.41, 5.74) is 5.80. The number of halogens is 1. The number of hydrogen-bond donors (Lipinski definition) is 3. The average molecular weight is 453 g/mol. The fourth-order valence-corrected chi connectivity index (χ4v) is 2.96. The summed E-state index contributed by atoms with van der Waals surface area (Å²) < 4.78 is 23.2. The highest BCUT2D eigenvalue weighted by Gasteiger charge is 2.38. The van der Waals surface area contributed by atoms with E-state index in [-0.39, 0.29) is 19.6 Å². The van der Waals surface area contributed by atoms with Gasteiger partial charge in [-0.1, -0.05) is 12.1 Å². The normalized spacial score (nSPS) is 13.2. The molecule has 0 heterocycles. The molecule has 0 unspecified atom stereocenters. The van der Waals surface area contributed by atoms with Crippen molar-refractivity contribution >= 4 is 29.7 Å². The van der Waals surface area contributed by atoms with Crippen LogP contribution in [0.5, 0.6) is 0 Å². The van der Waals surface area contributed by atoms with Gasteiger partial charge in [-0.3, -0.25) is 24.0 Å². The van der Waals surface area contributed by atoms with E-state index in [2.05, 4.69) is 10.6 Å². The molecule has 4 N–H and O–H groups in total. The molecule has 176 valence electrons. The van der Waals surface area contributed by atoms with E-state index in [4.69, 9.17) is 15.2 Å². The molecule has 0 fully saturated rings. The summed E-state index contributed by atoms with van der Waals surface area (Å²) in [7, 11) is 0. The first-order valence-corrected chi connectivity index (χ1v) is 10.0. The van der Waals surface area contributed by atoms with Crippen LogP contribution in [0.1, 0.15) is 32.8 Å². The quantitative estimate of drug-likeness (QED) is 0.376. The summed E-state index contributed by atoms with van der Waals surface area (Å²) in [6.07, 6.45) is -0.661. The van der Waals surface area contributed by atoms with Gasteiger partial charge in [0.15, 0.2) is 0 Å². The number of carbonyl (C=O) groups excluding carboxylic acids is 5. The molecule has 0 aliphatic rings. The second kappa shape index (κ2) is 13.0. The van der Waals surface area contributed by atoms with Crippen molar-refractivity contribution < 1.29 is 37.8 Å². The third-order valence-corrected chi connectivity index (χ3v) is 4.31. The van der Waals surface area contributed by atoms with Gasteiger partial charge < -0.3 is 25.8 Å². The molecule has 0 aliphatic carbocycles. The van der Waals surface area contributed by atoms with Crippen molar-refractivity contribution in [1.82, 2.24) is 10.6 Å². The average Bonchev–Trinajstić information content (AvgIpc) is 2.69. The lowest BCUT2D eigenvalue weighted by molar-refractivity contribution is -0.157. The van der Waals surface area contributed by atoms with Gasteiger partial charge in [0.1, 0.15) is 17.9 Å². The third-order valence-electron chi connectivity index (χ3n) is 4.31. The lowest BCUT2D eigenvalue weighted by Crippen LogP contribution is -2.57. The minimum absolute atomic E-state index is 0.0360. The number of hydrogen-bond acceptors (Lipinski definition) is 7. The van der Waals surface area contributed by atoms with Crippen LogP contribution in [-0.2, 0) is 39.9 Å². The Kier molecular flexibility index (Phi) is 10.8. The van der Waals surface area contributed by atoms with Gasteiger partial charge in [-0.15, -0.1) is 0 Å². The fourth-order valence-electron chi connectivity index (χ4n) is 2.96. The number of nitrogens with one attached hydrogen (secondary N) is 2. The highest BCUT2D eigenvalue weighted by molar-refractivity contribution is 5.95. The van der Waals surface area contributed by atoms with Crippen molar-refractivity contribution in [2.75, 3.05) is 13.2 Å². The Balaban J connectivity index is 3.14. The van der Waals surface area contributed by atoms with E-state index in [0.717, 1.165) is 0 Å². The lowest BCUT2D eigenvalue weighted by atomic mass is 9.94. The minimum Gasteiger partial charge on any atom is -0.466 e. The maximum Gasteiger partial charge on any atom is 0.312 e. The Bertz CT molecular complexity index is 846. The molecule has 0 aromatic heterocycles. The molecule has 1 aromatic carbocycles. The van der Waals surface area contributed by atoms with E-state index in [1.165, 1.54) is 32.0 Å². The van der Waals surface area contributed by atoms with Gasteiger partial charge in [-0.2, -0.15) is 0 Å². The van der Waals surface area contributed by atoms with Crippen molar-refractivity contribution in [3.63, 3.8) is 0 Å². The zero-order valence-electron chi connectivity index (χ0n) is 18.2. The first-order valence-electron chi connectivity index (χ1n) is 10.0. The molecule has 0 radical (unpaired) electrons. The largest absolute Gasteiger partial charge is 0.466 e. The van der Waals surface area contributed by atoms with Gasteiger partial charge in [-0.05, 0) is 31.5 Å². The monoisotopic (exact) mass is 453 g/mol. The molecular weight excluding hydrogens is 425 g/mol. The summed E-state index contributed by atoms with van der Waals surface area (Å²) in [5, 5.41) is 4.73. The summed E-state index contributed by atoms with van der Waals surface area (Å²) >= 11 is 0. The van der Waals surface area contributed by atoms with Crippen LogP contribution in [0.3, 0.4) is 0 Å². The zero-order chi connectivity index (χ0) is 24.3. The maximum absolute atomic E-state index is 13.5. The predicted molar refractivity (Wildman–Crippen MR) is 110 cm³/mol. The van der Waals surface area contributed by atoms with Crippen LogP contribution in [0.4, 0.5) is 4.39 Å². The van der Waals surface area contributed by atoms with Crippen molar-refractivity contribution in [2.45, 2.75) is 45.7 Å². The smallest absolute Gasteiger partial charge is 0.312 e. The summed E-state index contributed by atoms with van der Waals surface area (Å²) in [4.78, 5) is 60.9. The second-order valence-electron chi connectivity index (χ2n) is 6.84. The first kappa shape index (κ1) is 26.5. The highest BCUT2D eigenvalue weighted by Crippen LogP contribution is 2.15. The van der Waals surface area contributed by atoms with Crippen molar-refractivity contribution in [3.05, 3.63) is 35.6 Å². The topological polar surface area (TPSA) is 154 Å². The van der Waals surface area contributed by atoms with E-state index in [1.807, 2.05) is 0 Å². The van der Waals surface area contributed by atoms with E-state index < -0.39 is 59.9 Å². The molecule has 0 spiro atoms. The number of ether oxygens (including phenoxy) is 2. The van der Waals surface area contributed by atoms with E-state index in [1.54, 1.807) is 13.0 Å². The zero-order valence-corrected chi connectivity index (χ0v) is 18.2. The van der Waals surface area contributed by atoms with Crippen LogP contribution in [0.15, 0.2) is 24.3 Å². The van der Waals surface area contributed by atoms with Crippen LogP contribution in [0, 0.1) is 11.7 Å². The molecule has 3 atom stereocenters. The fraction of sp³-hybridized carbons (Fsp3) is 0.476. The van der Waals surface area contributed by atoms with Gasteiger partial charge >= 0.3 is 11.9 Å². The van der Waals surface area contributed by atoms with Crippen molar-refractivity contribution in [1.29, 1.82) is 0 Å². The lowest BCUT2D eigenvalue weighted by Gasteiger charge is -2.26. The van der Waals surface area contributed by atoms with Gasteiger partial charge in [-0.25, -0.2) is 4.39 Å². The number of rotatable bonds is 12. The Morgan fingerprint density at radius 2 is 1.72 bits per heavy atom. The number of benzene rings is 1. The molecular formula is C21H28FN3O7. The van der Waals surface area contributed by atoms with Gasteiger partial charge in [0.2, 0.25) is 17.7 Å². The first-order chi connectivity index (χ1) is 15.1. The predicted octanol–water partition coefficient (Wildman–Crippen LogP) is -0.0245. The van der Waals surface area contributed by atoms with Gasteiger partial charge in [0.25, 0.3) is 0 Å². The molecule has 0 saturated carbocycles. The Labute approximate surface area is 185 Å². The highest BCUT2D eigenvalue weighted by atomic mass is 19.1. The van der Waals surface area contributed by atoms with Crippen LogP contribution in [-0.4, -0.2) is 55.0 Å². The molecule has 1 rings (SSSR count). The van der Waals surface area contributed by atoms with E-state index in [0.29, 0.717) is 5.56 Å². The van der Waals surface area contributed by atoms with Crippen LogP contribution < -0.4 is 16.4 Å². The number of nitrogens with two attached hydrogens (primary N) is 1. The molecule has 3 amide bonds. The molecule has 11 heteroatoms. The maximum atomic E-state index is 13.5. The van der Waals surface area contributed by atoms with Crippen LogP contribution >= 0.6 is 0 Å². The van der Waals surface area contributed by atoms with Gasteiger partial charge in [0, 0.05) is 13.3 Å². The minimum atomic E-state index is -1.62. The van der Waals surface area contributed by atoms with Crippen molar-refractivity contribution in [3.8, 4) is 0 Å². The molecule has 32 heavy (non-hydrogen) atoms. The number of esters is 2. The summed E-state index contributed by atoms with van der Waals surface area (Å²) in [6, 6.07) is 2.58.